The number of aromatic nitrogens is 2. The van der Waals surface area contributed by atoms with Crippen LogP contribution >= 0.6 is 11.3 Å². The Labute approximate surface area is 186 Å². The maximum Gasteiger partial charge on any atom is 0.257 e. The average molecular weight is 436 g/mol. The summed E-state index contributed by atoms with van der Waals surface area (Å²) in [4.78, 5) is 3.13. The minimum absolute atomic E-state index is 0.0267. The number of benzene rings is 2. The number of methoxy groups -OCH3 is 1. The van der Waals surface area contributed by atoms with E-state index in [4.69, 9.17) is 13.9 Å². The summed E-state index contributed by atoms with van der Waals surface area (Å²) < 4.78 is 17.4. The molecule has 0 bridgehead atoms. The van der Waals surface area contributed by atoms with Crippen LogP contribution in [0.5, 0.6) is 11.5 Å². The minimum Gasteiger partial charge on any atom is -0.493 e. The largest absolute Gasteiger partial charge is 0.493 e. The summed E-state index contributed by atoms with van der Waals surface area (Å²) >= 11 is 1.58. The number of nitrogens with zero attached hydrogens (tertiary/aromatic N) is 3. The second-order valence-corrected chi connectivity index (χ2v) is 8.22. The van der Waals surface area contributed by atoms with Crippen molar-refractivity contribution >= 4 is 11.3 Å². The van der Waals surface area contributed by atoms with Crippen molar-refractivity contribution in [3.8, 4) is 22.3 Å². The molecule has 0 aliphatic rings. The van der Waals surface area contributed by atoms with E-state index in [2.05, 4.69) is 28.1 Å². The summed E-state index contributed by atoms with van der Waals surface area (Å²) in [5.74, 6) is 2.60. The van der Waals surface area contributed by atoms with Crippen LogP contribution < -0.4 is 9.47 Å². The lowest BCUT2D eigenvalue weighted by Gasteiger charge is -2.22. The van der Waals surface area contributed by atoms with Gasteiger partial charge in [0.25, 0.3) is 5.89 Å². The van der Waals surface area contributed by atoms with E-state index in [0.717, 1.165) is 21.8 Å². The lowest BCUT2D eigenvalue weighted by molar-refractivity contribution is 0.217. The topological polar surface area (TPSA) is 60.6 Å². The Hall–Kier alpha value is -3.16. The molecule has 2 heterocycles. The Balaban J connectivity index is 1.41. The van der Waals surface area contributed by atoms with Gasteiger partial charge in [0, 0.05) is 6.54 Å². The molecule has 4 aromatic rings. The maximum atomic E-state index is 5.96. The van der Waals surface area contributed by atoms with Crippen molar-refractivity contribution in [2.45, 2.75) is 26.1 Å². The molecule has 0 radical (unpaired) electrons. The molecule has 6 nitrogen and oxygen atoms in total. The summed E-state index contributed by atoms with van der Waals surface area (Å²) in [6, 6.07) is 20.0. The Morgan fingerprint density at radius 3 is 2.58 bits per heavy atom. The highest BCUT2D eigenvalue weighted by atomic mass is 32.1. The van der Waals surface area contributed by atoms with Crippen LogP contribution in [0.2, 0.25) is 0 Å². The van der Waals surface area contributed by atoms with Crippen LogP contribution in [0.1, 0.15) is 30.0 Å². The van der Waals surface area contributed by atoms with E-state index in [1.807, 2.05) is 67.0 Å². The first-order chi connectivity index (χ1) is 15.1. The van der Waals surface area contributed by atoms with Crippen molar-refractivity contribution < 1.29 is 13.9 Å². The molecule has 0 saturated carbocycles. The number of hydrogen-bond donors (Lipinski definition) is 0. The Morgan fingerprint density at radius 1 is 1.00 bits per heavy atom. The Morgan fingerprint density at radius 2 is 1.84 bits per heavy atom. The first-order valence-corrected chi connectivity index (χ1v) is 10.9. The predicted molar refractivity (Wildman–Crippen MR) is 121 cm³/mol. The molecule has 0 aliphatic carbocycles. The molecule has 0 aliphatic heterocycles. The quantitative estimate of drug-likeness (QED) is 0.342. The van der Waals surface area contributed by atoms with Crippen LogP contribution in [0.15, 0.2) is 70.5 Å². The van der Waals surface area contributed by atoms with Gasteiger partial charge in [-0.2, -0.15) is 0 Å². The molecule has 1 atom stereocenters. The van der Waals surface area contributed by atoms with Crippen molar-refractivity contribution in [1.29, 1.82) is 0 Å². The van der Waals surface area contributed by atoms with Gasteiger partial charge < -0.3 is 13.9 Å². The summed E-state index contributed by atoms with van der Waals surface area (Å²) in [6.07, 6.45) is 0. The van der Waals surface area contributed by atoms with Crippen LogP contribution in [0, 0.1) is 0 Å². The maximum absolute atomic E-state index is 5.96. The van der Waals surface area contributed by atoms with Crippen LogP contribution in [-0.2, 0) is 13.2 Å². The van der Waals surface area contributed by atoms with Gasteiger partial charge >= 0.3 is 0 Å². The highest BCUT2D eigenvalue weighted by Crippen LogP contribution is 2.31. The zero-order chi connectivity index (χ0) is 21.6. The van der Waals surface area contributed by atoms with E-state index >= 15 is 0 Å². The smallest absolute Gasteiger partial charge is 0.257 e. The number of hydrogen-bond acceptors (Lipinski definition) is 7. The van der Waals surface area contributed by atoms with Crippen molar-refractivity contribution in [1.82, 2.24) is 15.1 Å². The molecule has 0 unspecified atom stereocenters. The van der Waals surface area contributed by atoms with Crippen molar-refractivity contribution in [3.63, 3.8) is 0 Å². The molecule has 0 spiro atoms. The van der Waals surface area contributed by atoms with E-state index in [9.17, 15) is 0 Å². The molecule has 160 valence electrons. The van der Waals surface area contributed by atoms with Gasteiger partial charge in [-0.25, -0.2) is 0 Å². The van der Waals surface area contributed by atoms with Gasteiger partial charge in [0.2, 0.25) is 5.89 Å². The minimum atomic E-state index is -0.0267. The molecule has 31 heavy (non-hydrogen) atoms. The molecular formula is C24H25N3O3S. The molecule has 7 heteroatoms. The van der Waals surface area contributed by atoms with Crippen LogP contribution in [-0.4, -0.2) is 29.3 Å². The molecule has 2 aromatic carbocycles. The molecular weight excluding hydrogens is 410 g/mol. The summed E-state index contributed by atoms with van der Waals surface area (Å²) in [5, 5.41) is 10.4. The van der Waals surface area contributed by atoms with E-state index < -0.39 is 0 Å². The fraction of sp³-hybridized carbons (Fsp3) is 0.250. The van der Waals surface area contributed by atoms with Gasteiger partial charge in [0.05, 0.1) is 18.0 Å². The van der Waals surface area contributed by atoms with Gasteiger partial charge in [-0.3, -0.25) is 4.90 Å². The molecule has 0 fully saturated rings. The van der Waals surface area contributed by atoms with E-state index in [1.54, 1.807) is 18.4 Å². The Bertz CT molecular complexity index is 1100. The lowest BCUT2D eigenvalue weighted by atomic mass is 10.1. The second-order valence-electron chi connectivity index (χ2n) is 7.27. The van der Waals surface area contributed by atoms with Gasteiger partial charge in [0.1, 0.15) is 6.61 Å². The van der Waals surface area contributed by atoms with Crippen molar-refractivity contribution in [2.75, 3.05) is 14.2 Å². The zero-order valence-corrected chi connectivity index (χ0v) is 18.6. The average Bonchev–Trinajstić information content (AvgIpc) is 3.50. The summed E-state index contributed by atoms with van der Waals surface area (Å²) in [7, 11) is 3.69. The third-order valence-electron chi connectivity index (χ3n) is 5.09. The van der Waals surface area contributed by atoms with Gasteiger partial charge in [-0.05, 0) is 48.7 Å². The first kappa shape index (κ1) is 21.1. The van der Waals surface area contributed by atoms with Crippen LogP contribution in [0.4, 0.5) is 0 Å². The summed E-state index contributed by atoms with van der Waals surface area (Å²) in [6.45, 7) is 3.25. The Kier molecular flexibility index (Phi) is 6.64. The van der Waals surface area contributed by atoms with Gasteiger partial charge in [-0.1, -0.05) is 42.5 Å². The van der Waals surface area contributed by atoms with Gasteiger partial charge in [-0.15, -0.1) is 21.5 Å². The monoisotopic (exact) mass is 435 g/mol. The number of rotatable bonds is 9. The second kappa shape index (κ2) is 9.76. The van der Waals surface area contributed by atoms with E-state index in [1.165, 1.54) is 0 Å². The fourth-order valence-corrected chi connectivity index (χ4v) is 3.83. The highest BCUT2D eigenvalue weighted by Gasteiger charge is 2.20. The predicted octanol–water partition coefficient (Wildman–Crippen LogP) is 5.58. The number of ether oxygens (including phenoxy) is 2. The van der Waals surface area contributed by atoms with E-state index in [0.29, 0.717) is 30.7 Å². The summed E-state index contributed by atoms with van der Waals surface area (Å²) in [5.41, 5.74) is 2.22. The number of thiophene rings is 1. The highest BCUT2D eigenvalue weighted by molar-refractivity contribution is 7.13. The van der Waals surface area contributed by atoms with Gasteiger partial charge in [0.15, 0.2) is 11.5 Å². The van der Waals surface area contributed by atoms with Crippen LogP contribution in [0.25, 0.3) is 10.8 Å². The third kappa shape index (κ3) is 5.13. The first-order valence-electron chi connectivity index (χ1n) is 10.0. The molecule has 2 aromatic heterocycles. The van der Waals surface area contributed by atoms with Crippen molar-refractivity contribution in [3.05, 3.63) is 83.1 Å². The molecule has 0 amide bonds. The molecule has 0 N–H and O–H groups in total. The molecule has 4 rings (SSSR count). The zero-order valence-electron chi connectivity index (χ0n) is 17.8. The molecule has 0 saturated heterocycles. The van der Waals surface area contributed by atoms with E-state index in [-0.39, 0.29) is 6.04 Å². The SMILES string of the molecule is COc1cc(CN(C)[C@H](C)c2nnc(-c3cccs3)o2)ccc1OCc1ccccc1. The van der Waals surface area contributed by atoms with Crippen LogP contribution in [0.3, 0.4) is 0 Å². The fourth-order valence-electron chi connectivity index (χ4n) is 3.18. The van der Waals surface area contributed by atoms with Crippen molar-refractivity contribution in [2.24, 2.45) is 0 Å². The lowest BCUT2D eigenvalue weighted by Crippen LogP contribution is -2.22. The normalized spacial score (nSPS) is 12.1. The third-order valence-corrected chi connectivity index (χ3v) is 5.95. The standard InChI is InChI=1S/C24H25N3O3S/c1-17(23-25-26-24(30-23)22-10-7-13-31-22)27(2)15-19-11-12-20(21(14-19)28-3)29-16-18-8-5-4-6-9-18/h4-14,17H,15-16H2,1-3H3/t17-/m1/s1.